The largest absolute Gasteiger partial charge is 0.462 e. The zero-order valence-electron chi connectivity index (χ0n) is 14.7. The highest BCUT2D eigenvalue weighted by molar-refractivity contribution is 7.80. The molecule has 2 saturated heterocycles. The number of anilines is 1. The molecule has 2 aliphatic carbocycles. The minimum absolute atomic E-state index is 0.280. The highest BCUT2D eigenvalue weighted by Gasteiger charge is 2.43. The maximum absolute atomic E-state index is 11.7. The molecule has 2 aliphatic heterocycles. The molecular weight excluding hydrogens is 332 g/mol. The van der Waals surface area contributed by atoms with Crippen molar-refractivity contribution in [2.45, 2.75) is 45.1 Å². The smallest absolute Gasteiger partial charge is 0.338 e. The topological polar surface area (TPSA) is 41.6 Å². The average Bonchev–Trinajstić information content (AvgIpc) is 2.79. The number of hydrogen-bond donors (Lipinski definition) is 1. The van der Waals surface area contributed by atoms with Crippen LogP contribution in [0.1, 0.15) is 49.4 Å². The lowest BCUT2D eigenvalue weighted by molar-refractivity contribution is 0.0526. The minimum atomic E-state index is -0.280. The summed E-state index contributed by atoms with van der Waals surface area (Å²) in [7, 11) is 0. The number of rotatable bonds is 3. The second-order valence-electron chi connectivity index (χ2n) is 7.81. The number of carbonyl (C=O) groups excluding carboxylic acids is 1. The number of nitrogens with zero attached hydrogens (tertiary/aromatic N) is 1. The second kappa shape index (κ2) is 6.94. The Morgan fingerprint density at radius 3 is 2.40 bits per heavy atom. The summed E-state index contributed by atoms with van der Waals surface area (Å²) in [6.07, 6.45) is 6.82. The lowest BCUT2D eigenvalue weighted by atomic mass is 9.68. The standard InChI is InChI=1S/C20H26N2O2S/c1-2-24-19(23)16-3-5-17(6-4-16)21-20(25)22-12-15-8-13-7-14(9-15)11-18(22)10-13/h3-6,13-15,18H,2,7-12H2,1H3,(H,21,25). The Labute approximate surface area is 154 Å². The average molecular weight is 359 g/mol. The second-order valence-corrected chi connectivity index (χ2v) is 8.20. The summed E-state index contributed by atoms with van der Waals surface area (Å²) in [5, 5.41) is 4.22. The van der Waals surface area contributed by atoms with E-state index in [0.717, 1.165) is 35.1 Å². The first kappa shape index (κ1) is 16.8. The van der Waals surface area contributed by atoms with Crippen molar-refractivity contribution in [3.63, 3.8) is 0 Å². The predicted octanol–water partition coefficient (Wildman–Crippen LogP) is 4.07. The van der Waals surface area contributed by atoms with Gasteiger partial charge in [-0.1, -0.05) is 0 Å². The predicted molar refractivity (Wildman–Crippen MR) is 103 cm³/mol. The van der Waals surface area contributed by atoms with Gasteiger partial charge in [-0.05, 0) is 93.3 Å². The van der Waals surface area contributed by atoms with Crippen LogP contribution in [0.2, 0.25) is 0 Å². The molecule has 4 nitrogen and oxygen atoms in total. The number of hydrogen-bond acceptors (Lipinski definition) is 3. The summed E-state index contributed by atoms with van der Waals surface area (Å²) in [5.74, 6) is 2.36. The van der Waals surface area contributed by atoms with Crippen LogP contribution in [0.15, 0.2) is 24.3 Å². The number of thiocarbonyl (C=S) groups is 1. The van der Waals surface area contributed by atoms with Crippen LogP contribution in [0.4, 0.5) is 5.69 Å². The van der Waals surface area contributed by atoms with Gasteiger partial charge in [0.15, 0.2) is 5.11 Å². The summed E-state index contributed by atoms with van der Waals surface area (Å²) in [4.78, 5) is 14.2. The highest BCUT2D eigenvalue weighted by atomic mass is 32.1. The Morgan fingerprint density at radius 2 is 1.76 bits per heavy atom. The normalized spacial score (nSPS) is 30.0. The fraction of sp³-hybridized carbons (Fsp3) is 0.600. The van der Waals surface area contributed by atoms with Crippen molar-refractivity contribution in [2.24, 2.45) is 17.8 Å². The van der Waals surface area contributed by atoms with Crippen LogP contribution < -0.4 is 5.32 Å². The van der Waals surface area contributed by atoms with Crippen molar-refractivity contribution in [1.29, 1.82) is 0 Å². The van der Waals surface area contributed by atoms with Crippen LogP contribution in [0.25, 0.3) is 0 Å². The molecule has 4 aliphatic rings. The van der Waals surface area contributed by atoms with Crippen molar-refractivity contribution in [3.05, 3.63) is 29.8 Å². The van der Waals surface area contributed by atoms with Crippen LogP contribution in [0.5, 0.6) is 0 Å². The van der Waals surface area contributed by atoms with Crippen molar-refractivity contribution < 1.29 is 9.53 Å². The Morgan fingerprint density at radius 1 is 1.12 bits per heavy atom. The Kier molecular flexibility index (Phi) is 4.67. The molecule has 0 amide bonds. The number of ether oxygens (including phenoxy) is 1. The third-order valence-electron chi connectivity index (χ3n) is 6.01. The van der Waals surface area contributed by atoms with Crippen LogP contribution in [-0.2, 0) is 4.74 Å². The number of carbonyl (C=O) groups is 1. The van der Waals surface area contributed by atoms with Gasteiger partial charge in [0.1, 0.15) is 0 Å². The molecule has 1 aromatic rings. The van der Waals surface area contributed by atoms with Gasteiger partial charge in [0.25, 0.3) is 0 Å². The molecule has 5 heteroatoms. The van der Waals surface area contributed by atoms with Crippen LogP contribution in [0.3, 0.4) is 0 Å². The number of esters is 1. The molecule has 1 aromatic carbocycles. The van der Waals surface area contributed by atoms with Crippen molar-refractivity contribution in [1.82, 2.24) is 4.90 Å². The van der Waals surface area contributed by atoms with Crippen LogP contribution in [-0.4, -0.2) is 35.2 Å². The van der Waals surface area contributed by atoms with Gasteiger partial charge in [-0.2, -0.15) is 0 Å². The third-order valence-corrected chi connectivity index (χ3v) is 6.35. The quantitative estimate of drug-likeness (QED) is 0.652. The maximum atomic E-state index is 11.7. The van der Waals surface area contributed by atoms with Crippen molar-refractivity contribution >= 4 is 29.0 Å². The first-order valence-corrected chi connectivity index (χ1v) is 9.88. The minimum Gasteiger partial charge on any atom is -0.462 e. The SMILES string of the molecule is CCOC(=O)c1ccc(NC(=S)N2CC3CC4CC(C3)CC2C4)cc1. The van der Waals surface area contributed by atoms with E-state index >= 15 is 0 Å². The van der Waals surface area contributed by atoms with E-state index in [4.69, 9.17) is 17.0 Å². The fourth-order valence-corrected chi connectivity index (χ4v) is 5.47. The van der Waals surface area contributed by atoms with E-state index in [1.54, 1.807) is 12.1 Å². The van der Waals surface area contributed by atoms with Gasteiger partial charge >= 0.3 is 5.97 Å². The number of nitrogens with one attached hydrogen (secondary N) is 1. The van der Waals surface area contributed by atoms with E-state index in [2.05, 4.69) is 10.2 Å². The molecular formula is C20H26N2O2S. The zero-order chi connectivity index (χ0) is 17.4. The maximum Gasteiger partial charge on any atom is 0.338 e. The van der Waals surface area contributed by atoms with Gasteiger partial charge in [-0.3, -0.25) is 0 Å². The van der Waals surface area contributed by atoms with E-state index in [-0.39, 0.29) is 5.97 Å². The number of fused-ring (bicyclic) bond motifs is 1. The monoisotopic (exact) mass is 358 g/mol. The lowest BCUT2D eigenvalue weighted by Gasteiger charge is -2.39. The van der Waals surface area contributed by atoms with Gasteiger partial charge in [-0.15, -0.1) is 0 Å². The first-order valence-electron chi connectivity index (χ1n) is 9.47. The van der Waals surface area contributed by atoms with Gasteiger partial charge in [0, 0.05) is 18.3 Å². The summed E-state index contributed by atoms with van der Waals surface area (Å²) in [5.41, 5.74) is 1.51. The molecule has 134 valence electrons. The Balaban J connectivity index is 1.42. The van der Waals surface area contributed by atoms with Crippen LogP contribution in [0, 0.1) is 17.8 Å². The molecule has 2 heterocycles. The Hall–Kier alpha value is -1.62. The van der Waals surface area contributed by atoms with Crippen molar-refractivity contribution in [2.75, 3.05) is 18.5 Å². The molecule has 0 radical (unpaired) electrons. The van der Waals surface area contributed by atoms with Crippen LogP contribution >= 0.6 is 12.2 Å². The van der Waals surface area contributed by atoms with E-state index < -0.39 is 0 Å². The van der Waals surface area contributed by atoms with Gasteiger partial charge in [-0.25, -0.2) is 4.79 Å². The molecule has 2 saturated carbocycles. The van der Waals surface area contributed by atoms with E-state index in [1.807, 2.05) is 19.1 Å². The zero-order valence-corrected chi connectivity index (χ0v) is 15.6. The molecule has 2 unspecified atom stereocenters. The molecule has 2 atom stereocenters. The van der Waals surface area contributed by atoms with E-state index in [9.17, 15) is 4.79 Å². The first-order chi connectivity index (χ1) is 12.1. The molecule has 1 N–H and O–H groups in total. The summed E-state index contributed by atoms with van der Waals surface area (Å²) in [6, 6.07) is 7.99. The summed E-state index contributed by atoms with van der Waals surface area (Å²) >= 11 is 5.74. The molecule has 4 bridgehead atoms. The highest BCUT2D eigenvalue weighted by Crippen LogP contribution is 2.47. The Bertz CT molecular complexity index is 646. The molecule has 0 spiro atoms. The van der Waals surface area contributed by atoms with E-state index in [0.29, 0.717) is 18.2 Å². The third kappa shape index (κ3) is 3.52. The molecule has 0 aromatic heterocycles. The molecule has 5 rings (SSSR count). The van der Waals surface area contributed by atoms with Gasteiger partial charge in [0.2, 0.25) is 0 Å². The van der Waals surface area contributed by atoms with Gasteiger partial charge in [0.05, 0.1) is 12.2 Å². The fourth-order valence-electron chi connectivity index (χ4n) is 5.13. The lowest BCUT2D eigenvalue weighted by Crippen LogP contribution is -2.44. The molecule has 25 heavy (non-hydrogen) atoms. The summed E-state index contributed by atoms with van der Waals surface area (Å²) < 4.78 is 5.03. The van der Waals surface area contributed by atoms with Crippen molar-refractivity contribution in [3.8, 4) is 0 Å². The van der Waals surface area contributed by atoms with Gasteiger partial charge < -0.3 is 15.0 Å². The number of benzene rings is 1. The summed E-state index contributed by atoms with van der Waals surface area (Å²) in [6.45, 7) is 3.31. The molecule has 4 fully saturated rings. The van der Waals surface area contributed by atoms with E-state index in [1.165, 1.54) is 32.1 Å².